The van der Waals surface area contributed by atoms with Gasteiger partial charge in [0.25, 0.3) is 0 Å². The van der Waals surface area contributed by atoms with Crippen LogP contribution in [0.4, 0.5) is 18.9 Å². The minimum absolute atomic E-state index is 0.0114. The first kappa shape index (κ1) is 21.5. The minimum Gasteiger partial charge on any atom is -0.378 e. The topological polar surface area (TPSA) is 65.1 Å². The zero-order valence-corrected chi connectivity index (χ0v) is 16.1. The van der Waals surface area contributed by atoms with Crippen LogP contribution in [0.15, 0.2) is 24.3 Å². The quantitative estimate of drug-likeness (QED) is 0.783. The van der Waals surface area contributed by atoms with E-state index in [9.17, 15) is 22.8 Å². The molecular formula is C19H25F3N4O3. The highest BCUT2D eigenvalue weighted by Gasteiger charge is 2.33. The Morgan fingerprint density at radius 2 is 1.52 bits per heavy atom. The second-order valence-electron chi connectivity index (χ2n) is 7.14. The van der Waals surface area contributed by atoms with Gasteiger partial charge in [-0.1, -0.05) is 12.1 Å². The molecule has 1 aromatic rings. The van der Waals surface area contributed by atoms with E-state index in [1.54, 1.807) is 4.90 Å². The van der Waals surface area contributed by atoms with Gasteiger partial charge in [0.15, 0.2) is 0 Å². The molecule has 0 aliphatic carbocycles. The number of hydrogen-bond donors (Lipinski definition) is 1. The zero-order valence-electron chi connectivity index (χ0n) is 16.1. The summed E-state index contributed by atoms with van der Waals surface area (Å²) >= 11 is 0. The van der Waals surface area contributed by atoms with Crippen molar-refractivity contribution in [3.05, 3.63) is 29.8 Å². The highest BCUT2D eigenvalue weighted by atomic mass is 19.4. The largest absolute Gasteiger partial charge is 0.418 e. The molecule has 160 valence electrons. The van der Waals surface area contributed by atoms with Gasteiger partial charge in [-0.2, -0.15) is 13.2 Å². The van der Waals surface area contributed by atoms with Gasteiger partial charge in [-0.15, -0.1) is 0 Å². The molecule has 2 fully saturated rings. The van der Waals surface area contributed by atoms with Gasteiger partial charge in [0, 0.05) is 39.3 Å². The van der Waals surface area contributed by atoms with Crippen molar-refractivity contribution in [1.29, 1.82) is 0 Å². The number of para-hydroxylation sites is 1. The van der Waals surface area contributed by atoms with E-state index in [0.717, 1.165) is 6.07 Å². The van der Waals surface area contributed by atoms with Gasteiger partial charge in [0.1, 0.15) is 0 Å². The summed E-state index contributed by atoms with van der Waals surface area (Å²) in [6.45, 7) is 5.09. The number of ether oxygens (including phenoxy) is 1. The van der Waals surface area contributed by atoms with Gasteiger partial charge in [0.2, 0.25) is 11.8 Å². The molecule has 0 spiro atoms. The lowest BCUT2D eigenvalue weighted by Crippen LogP contribution is -2.52. The zero-order chi connectivity index (χ0) is 20.9. The summed E-state index contributed by atoms with van der Waals surface area (Å²) in [7, 11) is 0. The van der Waals surface area contributed by atoms with Crippen LogP contribution < -0.4 is 5.32 Å². The lowest BCUT2D eigenvalue weighted by Gasteiger charge is -2.35. The molecule has 0 unspecified atom stereocenters. The van der Waals surface area contributed by atoms with Crippen LogP contribution in [-0.4, -0.2) is 92.1 Å². The number of amides is 2. The molecule has 0 saturated carbocycles. The molecule has 2 saturated heterocycles. The number of nitrogens with zero attached hydrogens (tertiary/aromatic N) is 3. The van der Waals surface area contributed by atoms with Crippen LogP contribution in [0.3, 0.4) is 0 Å². The fourth-order valence-corrected chi connectivity index (χ4v) is 3.44. The van der Waals surface area contributed by atoms with Crippen molar-refractivity contribution in [2.75, 3.05) is 70.9 Å². The second-order valence-corrected chi connectivity index (χ2v) is 7.14. The van der Waals surface area contributed by atoms with Gasteiger partial charge >= 0.3 is 6.18 Å². The summed E-state index contributed by atoms with van der Waals surface area (Å²) in [5.74, 6) is -0.414. The van der Waals surface area contributed by atoms with Crippen LogP contribution in [0.25, 0.3) is 0 Å². The van der Waals surface area contributed by atoms with E-state index in [0.29, 0.717) is 59.0 Å². The first-order chi connectivity index (χ1) is 13.8. The van der Waals surface area contributed by atoms with E-state index >= 15 is 0 Å². The predicted molar refractivity (Wildman–Crippen MR) is 100 cm³/mol. The SMILES string of the molecule is O=C(CN1CCN(CC(=O)N2CCOCC2)CC1)Nc1ccccc1C(F)(F)F. The highest BCUT2D eigenvalue weighted by Crippen LogP contribution is 2.34. The minimum atomic E-state index is -4.53. The van der Waals surface area contributed by atoms with Crippen molar-refractivity contribution in [2.24, 2.45) is 0 Å². The van der Waals surface area contributed by atoms with Crippen LogP contribution >= 0.6 is 0 Å². The third-order valence-corrected chi connectivity index (χ3v) is 5.06. The number of nitrogens with one attached hydrogen (secondary N) is 1. The predicted octanol–water partition coefficient (Wildman–Crippen LogP) is 1.12. The Balaban J connectivity index is 1.44. The number of morpholine rings is 1. The number of halogens is 3. The van der Waals surface area contributed by atoms with Crippen molar-refractivity contribution >= 4 is 17.5 Å². The van der Waals surface area contributed by atoms with Crippen molar-refractivity contribution in [2.45, 2.75) is 6.18 Å². The van der Waals surface area contributed by atoms with Gasteiger partial charge in [-0.25, -0.2) is 0 Å². The number of carbonyl (C=O) groups is 2. The van der Waals surface area contributed by atoms with Gasteiger partial charge in [-0.05, 0) is 12.1 Å². The molecular weight excluding hydrogens is 389 g/mol. The van der Waals surface area contributed by atoms with E-state index in [1.165, 1.54) is 18.2 Å². The monoisotopic (exact) mass is 414 g/mol. The van der Waals surface area contributed by atoms with Crippen LogP contribution in [-0.2, 0) is 20.5 Å². The molecule has 10 heteroatoms. The van der Waals surface area contributed by atoms with E-state index < -0.39 is 17.6 Å². The molecule has 3 rings (SSSR count). The second kappa shape index (κ2) is 9.55. The van der Waals surface area contributed by atoms with E-state index in [2.05, 4.69) is 5.32 Å². The third kappa shape index (κ3) is 6.15. The normalized spacial score (nSPS) is 19.2. The van der Waals surface area contributed by atoms with Crippen molar-refractivity contribution in [3.63, 3.8) is 0 Å². The molecule has 7 nitrogen and oxygen atoms in total. The molecule has 1 aromatic carbocycles. The lowest BCUT2D eigenvalue weighted by atomic mass is 10.1. The van der Waals surface area contributed by atoms with Crippen LogP contribution in [0, 0.1) is 0 Å². The van der Waals surface area contributed by atoms with Crippen molar-refractivity contribution in [1.82, 2.24) is 14.7 Å². The van der Waals surface area contributed by atoms with Gasteiger partial charge in [-0.3, -0.25) is 19.4 Å². The van der Waals surface area contributed by atoms with Crippen LogP contribution in [0.1, 0.15) is 5.56 Å². The summed E-state index contributed by atoms with van der Waals surface area (Å²) in [5, 5.41) is 2.36. The summed E-state index contributed by atoms with van der Waals surface area (Å²) in [6.07, 6.45) is -4.53. The number of alkyl halides is 3. The number of anilines is 1. The summed E-state index contributed by atoms with van der Waals surface area (Å²) in [4.78, 5) is 30.2. The molecule has 2 aliphatic heterocycles. The fraction of sp³-hybridized carbons (Fsp3) is 0.579. The van der Waals surface area contributed by atoms with E-state index in [4.69, 9.17) is 4.74 Å². The smallest absolute Gasteiger partial charge is 0.378 e. The third-order valence-electron chi connectivity index (χ3n) is 5.06. The Bertz CT molecular complexity index is 715. The highest BCUT2D eigenvalue weighted by molar-refractivity contribution is 5.93. The molecule has 2 aliphatic rings. The molecule has 1 N–H and O–H groups in total. The summed E-state index contributed by atoms with van der Waals surface area (Å²) in [5.41, 5.74) is -1.10. The number of carbonyl (C=O) groups excluding carboxylic acids is 2. The molecule has 2 amide bonds. The van der Waals surface area contributed by atoms with E-state index in [1.807, 2.05) is 9.80 Å². The van der Waals surface area contributed by atoms with Crippen molar-refractivity contribution in [3.8, 4) is 0 Å². The molecule has 2 heterocycles. The molecule has 29 heavy (non-hydrogen) atoms. The lowest BCUT2D eigenvalue weighted by molar-refractivity contribution is -0.138. The molecule has 0 bridgehead atoms. The van der Waals surface area contributed by atoms with Crippen LogP contribution in [0.2, 0.25) is 0 Å². The maximum absolute atomic E-state index is 13.0. The molecule has 0 aromatic heterocycles. The average Bonchev–Trinajstić information content (AvgIpc) is 2.69. The summed E-state index contributed by atoms with van der Waals surface area (Å²) in [6, 6.07) is 4.93. The Hall–Kier alpha value is -2.17. The van der Waals surface area contributed by atoms with Crippen LogP contribution in [0.5, 0.6) is 0 Å². The summed E-state index contributed by atoms with van der Waals surface area (Å²) < 4.78 is 44.3. The van der Waals surface area contributed by atoms with Crippen molar-refractivity contribution < 1.29 is 27.5 Å². The number of rotatable bonds is 5. The molecule has 0 atom stereocenters. The Morgan fingerprint density at radius 1 is 0.931 bits per heavy atom. The Morgan fingerprint density at radius 3 is 2.14 bits per heavy atom. The Labute approximate surface area is 167 Å². The van der Waals surface area contributed by atoms with Gasteiger partial charge in [0.05, 0.1) is 37.6 Å². The average molecular weight is 414 g/mol. The molecule has 0 radical (unpaired) electrons. The number of hydrogen-bond acceptors (Lipinski definition) is 5. The first-order valence-corrected chi connectivity index (χ1v) is 9.59. The first-order valence-electron chi connectivity index (χ1n) is 9.59. The number of piperazine rings is 1. The van der Waals surface area contributed by atoms with E-state index in [-0.39, 0.29) is 18.1 Å². The number of benzene rings is 1. The standard InChI is InChI=1S/C19H25F3N4O3/c20-19(21,22)15-3-1-2-4-16(15)23-17(27)13-24-5-7-25(8-6-24)14-18(28)26-9-11-29-12-10-26/h1-4H,5-14H2,(H,23,27). The maximum Gasteiger partial charge on any atom is 0.418 e. The maximum atomic E-state index is 13.0. The fourth-order valence-electron chi connectivity index (χ4n) is 3.44. The van der Waals surface area contributed by atoms with Gasteiger partial charge < -0.3 is 15.0 Å². The Kier molecular flexibility index (Phi) is 7.09.